The van der Waals surface area contributed by atoms with Crippen LogP contribution in [0.5, 0.6) is 5.75 Å². The van der Waals surface area contributed by atoms with Crippen molar-refractivity contribution >= 4 is 17.8 Å². The summed E-state index contributed by atoms with van der Waals surface area (Å²) >= 11 is 1.68. The van der Waals surface area contributed by atoms with Gasteiger partial charge in [0.1, 0.15) is 5.75 Å². The van der Waals surface area contributed by atoms with Gasteiger partial charge < -0.3 is 15.0 Å². The van der Waals surface area contributed by atoms with Crippen LogP contribution in [0.2, 0.25) is 0 Å². The van der Waals surface area contributed by atoms with E-state index in [0.29, 0.717) is 18.8 Å². The first-order chi connectivity index (χ1) is 10.4. The Morgan fingerprint density at radius 3 is 2.36 bits per heavy atom. The molecule has 0 unspecified atom stereocenters. The van der Waals surface area contributed by atoms with Gasteiger partial charge in [-0.05, 0) is 17.7 Å². The predicted octanol–water partition coefficient (Wildman–Crippen LogP) is 3.06. The van der Waals surface area contributed by atoms with Gasteiger partial charge >= 0.3 is 12.2 Å². The SMILES string of the molecule is COc1ccc([C@@H](NC(=O)N2CCSCC2)C(F)(F)F)cc1. The second-order valence-corrected chi connectivity index (χ2v) is 6.02. The highest BCUT2D eigenvalue weighted by Gasteiger charge is 2.42. The quantitative estimate of drug-likeness (QED) is 0.924. The average molecular weight is 334 g/mol. The van der Waals surface area contributed by atoms with Crippen molar-refractivity contribution in [3.8, 4) is 5.75 Å². The summed E-state index contributed by atoms with van der Waals surface area (Å²) in [7, 11) is 1.44. The summed E-state index contributed by atoms with van der Waals surface area (Å²) in [6.07, 6.45) is -4.56. The summed E-state index contributed by atoms with van der Waals surface area (Å²) in [6.45, 7) is 0.924. The van der Waals surface area contributed by atoms with Crippen molar-refractivity contribution in [2.45, 2.75) is 12.2 Å². The Morgan fingerprint density at radius 1 is 1.27 bits per heavy atom. The number of alkyl halides is 3. The van der Waals surface area contributed by atoms with Gasteiger partial charge in [-0.25, -0.2) is 4.79 Å². The molecule has 0 aromatic heterocycles. The minimum atomic E-state index is -4.56. The van der Waals surface area contributed by atoms with Crippen LogP contribution in [0, 0.1) is 0 Å². The molecule has 1 aliphatic heterocycles. The van der Waals surface area contributed by atoms with Crippen molar-refractivity contribution in [2.24, 2.45) is 0 Å². The molecule has 0 aliphatic carbocycles. The number of benzene rings is 1. The fourth-order valence-electron chi connectivity index (χ4n) is 2.13. The number of nitrogens with zero attached hydrogens (tertiary/aromatic N) is 1. The molecule has 0 radical (unpaired) electrons. The van der Waals surface area contributed by atoms with Crippen LogP contribution in [0.1, 0.15) is 11.6 Å². The van der Waals surface area contributed by atoms with E-state index < -0.39 is 18.2 Å². The molecule has 4 nitrogen and oxygen atoms in total. The summed E-state index contributed by atoms with van der Waals surface area (Å²) in [5.41, 5.74) is -0.0203. The number of ether oxygens (including phenoxy) is 1. The van der Waals surface area contributed by atoms with Gasteiger partial charge in [-0.15, -0.1) is 0 Å². The number of hydrogen-bond donors (Lipinski definition) is 1. The first-order valence-electron chi connectivity index (χ1n) is 6.75. The van der Waals surface area contributed by atoms with Crippen LogP contribution in [0.15, 0.2) is 24.3 Å². The lowest BCUT2D eigenvalue weighted by atomic mass is 10.1. The summed E-state index contributed by atoms with van der Waals surface area (Å²) in [5.74, 6) is 1.95. The molecule has 1 aromatic carbocycles. The maximum absolute atomic E-state index is 13.2. The van der Waals surface area contributed by atoms with Crippen molar-refractivity contribution in [1.82, 2.24) is 10.2 Å². The van der Waals surface area contributed by atoms with E-state index >= 15 is 0 Å². The lowest BCUT2D eigenvalue weighted by Gasteiger charge is -2.30. The average Bonchev–Trinajstić information content (AvgIpc) is 2.52. The van der Waals surface area contributed by atoms with Gasteiger partial charge in [-0.3, -0.25) is 0 Å². The van der Waals surface area contributed by atoms with Crippen LogP contribution < -0.4 is 10.1 Å². The highest BCUT2D eigenvalue weighted by atomic mass is 32.2. The largest absolute Gasteiger partial charge is 0.497 e. The molecule has 0 bridgehead atoms. The third-order valence-electron chi connectivity index (χ3n) is 3.34. The zero-order valence-corrected chi connectivity index (χ0v) is 12.8. The predicted molar refractivity (Wildman–Crippen MR) is 79.2 cm³/mol. The van der Waals surface area contributed by atoms with Crippen LogP contribution in [-0.4, -0.2) is 48.8 Å². The Balaban J connectivity index is 2.13. The maximum atomic E-state index is 13.2. The molecule has 1 N–H and O–H groups in total. The van der Waals surface area contributed by atoms with Crippen LogP contribution >= 0.6 is 11.8 Å². The summed E-state index contributed by atoms with van der Waals surface area (Å²) in [6, 6.07) is 2.79. The van der Waals surface area contributed by atoms with Gasteiger partial charge in [0.2, 0.25) is 0 Å². The van der Waals surface area contributed by atoms with Gasteiger partial charge in [-0.2, -0.15) is 24.9 Å². The molecular formula is C14H17F3N2O2S. The lowest BCUT2D eigenvalue weighted by Crippen LogP contribution is -2.48. The summed E-state index contributed by atoms with van der Waals surface area (Å²) in [5, 5.41) is 2.09. The molecular weight excluding hydrogens is 317 g/mol. The topological polar surface area (TPSA) is 41.6 Å². The van der Waals surface area contributed by atoms with Crippen LogP contribution in [0.4, 0.5) is 18.0 Å². The van der Waals surface area contributed by atoms with E-state index in [9.17, 15) is 18.0 Å². The molecule has 1 heterocycles. The van der Waals surface area contributed by atoms with E-state index in [-0.39, 0.29) is 5.56 Å². The number of urea groups is 1. The molecule has 122 valence electrons. The number of carbonyl (C=O) groups excluding carboxylic acids is 1. The zero-order chi connectivity index (χ0) is 16.2. The minimum absolute atomic E-state index is 0.0203. The fourth-order valence-corrected chi connectivity index (χ4v) is 3.03. The van der Waals surface area contributed by atoms with Crippen LogP contribution in [0.25, 0.3) is 0 Å². The number of methoxy groups -OCH3 is 1. The van der Waals surface area contributed by atoms with Gasteiger partial charge in [-0.1, -0.05) is 12.1 Å². The van der Waals surface area contributed by atoms with Crippen molar-refractivity contribution in [1.29, 1.82) is 0 Å². The monoisotopic (exact) mass is 334 g/mol. The molecule has 0 saturated carbocycles. The molecule has 22 heavy (non-hydrogen) atoms. The van der Waals surface area contributed by atoms with Gasteiger partial charge in [0.25, 0.3) is 0 Å². The molecule has 1 fully saturated rings. The lowest BCUT2D eigenvalue weighted by molar-refractivity contribution is -0.155. The standard InChI is InChI=1S/C14H17F3N2O2S/c1-21-11-4-2-10(3-5-11)12(14(15,16)17)18-13(20)19-6-8-22-9-7-19/h2-5,12H,6-9H2,1H3,(H,18,20)/t12-/m1/s1. The van der Waals surface area contributed by atoms with Crippen LogP contribution in [0.3, 0.4) is 0 Å². The third kappa shape index (κ3) is 4.22. The number of rotatable bonds is 3. The van der Waals surface area contributed by atoms with E-state index in [4.69, 9.17) is 4.74 Å². The maximum Gasteiger partial charge on any atom is 0.412 e. The second kappa shape index (κ2) is 7.13. The number of halogens is 3. The summed E-state index contributed by atoms with van der Waals surface area (Å²) < 4.78 is 44.7. The van der Waals surface area contributed by atoms with E-state index in [1.807, 2.05) is 0 Å². The normalized spacial score (nSPS) is 17.0. The number of thioether (sulfide) groups is 1. The Hall–Kier alpha value is -1.57. The molecule has 1 saturated heterocycles. The van der Waals surface area contributed by atoms with Crippen LogP contribution in [-0.2, 0) is 0 Å². The van der Waals surface area contributed by atoms with E-state index in [1.54, 1.807) is 11.8 Å². The Morgan fingerprint density at radius 2 is 1.86 bits per heavy atom. The molecule has 8 heteroatoms. The third-order valence-corrected chi connectivity index (χ3v) is 4.29. The second-order valence-electron chi connectivity index (χ2n) is 4.80. The van der Waals surface area contributed by atoms with E-state index in [2.05, 4.69) is 5.32 Å². The molecule has 1 aromatic rings. The van der Waals surface area contributed by atoms with Gasteiger partial charge in [0.05, 0.1) is 7.11 Å². The first kappa shape index (κ1) is 16.8. The Labute approximate surface area is 131 Å². The molecule has 0 spiro atoms. The van der Waals surface area contributed by atoms with Gasteiger partial charge in [0.15, 0.2) is 6.04 Å². The van der Waals surface area contributed by atoms with Gasteiger partial charge in [0, 0.05) is 24.6 Å². The molecule has 2 amide bonds. The van der Waals surface area contributed by atoms with Crippen molar-refractivity contribution in [3.05, 3.63) is 29.8 Å². The highest BCUT2D eigenvalue weighted by Crippen LogP contribution is 2.33. The van der Waals surface area contributed by atoms with E-state index in [0.717, 1.165) is 11.5 Å². The first-order valence-corrected chi connectivity index (χ1v) is 7.91. The smallest absolute Gasteiger partial charge is 0.412 e. The molecule has 2 rings (SSSR count). The number of nitrogens with one attached hydrogen (secondary N) is 1. The van der Waals surface area contributed by atoms with Crippen molar-refractivity contribution < 1.29 is 22.7 Å². The number of amides is 2. The Kier molecular flexibility index (Phi) is 5.44. The Bertz CT molecular complexity index is 502. The zero-order valence-electron chi connectivity index (χ0n) is 12.0. The summed E-state index contributed by atoms with van der Waals surface area (Å²) in [4.78, 5) is 13.4. The highest BCUT2D eigenvalue weighted by molar-refractivity contribution is 7.99. The van der Waals surface area contributed by atoms with Crippen molar-refractivity contribution in [2.75, 3.05) is 31.7 Å². The molecule has 1 atom stereocenters. The number of carbonyl (C=O) groups is 1. The fraction of sp³-hybridized carbons (Fsp3) is 0.500. The van der Waals surface area contributed by atoms with E-state index in [1.165, 1.54) is 36.3 Å². The minimum Gasteiger partial charge on any atom is -0.497 e. The number of hydrogen-bond acceptors (Lipinski definition) is 3. The molecule has 1 aliphatic rings. The van der Waals surface area contributed by atoms with Crippen molar-refractivity contribution in [3.63, 3.8) is 0 Å².